The molecule has 0 radical (unpaired) electrons. The van der Waals surface area contributed by atoms with Crippen LogP contribution in [0.25, 0.3) is 0 Å². The van der Waals surface area contributed by atoms with E-state index in [2.05, 4.69) is 5.92 Å². The molecule has 3 rings (SSSR count). The van der Waals surface area contributed by atoms with E-state index in [-0.39, 0.29) is 24.3 Å². The van der Waals surface area contributed by atoms with Crippen LogP contribution in [-0.4, -0.2) is 42.2 Å². The first-order chi connectivity index (χ1) is 14.1. The van der Waals surface area contributed by atoms with Crippen LogP contribution in [0, 0.1) is 12.3 Å². The van der Waals surface area contributed by atoms with Crippen molar-refractivity contribution in [2.45, 2.75) is 38.1 Å². The molecule has 2 aromatic rings. The Hall–Kier alpha value is -3.13. The van der Waals surface area contributed by atoms with E-state index in [1.807, 2.05) is 17.0 Å². The van der Waals surface area contributed by atoms with Crippen LogP contribution < -0.4 is 9.47 Å². The van der Waals surface area contributed by atoms with Gasteiger partial charge in [-0.15, -0.1) is 6.42 Å². The maximum Gasteiger partial charge on any atom is 0.254 e. The molecule has 0 aliphatic carbocycles. The van der Waals surface area contributed by atoms with Gasteiger partial charge in [0.1, 0.15) is 12.4 Å². The minimum atomic E-state index is -0.00109. The van der Waals surface area contributed by atoms with Crippen molar-refractivity contribution in [3.8, 4) is 29.6 Å². The van der Waals surface area contributed by atoms with Crippen LogP contribution in [0.2, 0.25) is 0 Å². The fourth-order valence-corrected chi connectivity index (χ4v) is 3.82. The number of piperidine rings is 1. The molecule has 2 aromatic carbocycles. The Bertz CT molecular complexity index is 887. The fourth-order valence-electron chi connectivity index (χ4n) is 3.82. The molecule has 152 valence electrons. The number of aryl methyl sites for hydroxylation is 1. The number of amides is 1. The molecule has 1 heterocycles. The van der Waals surface area contributed by atoms with Crippen molar-refractivity contribution in [1.82, 2.24) is 4.90 Å². The number of terminal acetylenes is 1. The Morgan fingerprint density at radius 3 is 2.86 bits per heavy atom. The molecule has 5 nitrogen and oxygen atoms in total. The summed E-state index contributed by atoms with van der Waals surface area (Å²) in [5.74, 6) is 3.73. The average molecular weight is 393 g/mol. The van der Waals surface area contributed by atoms with E-state index in [0.29, 0.717) is 17.1 Å². The minimum absolute atomic E-state index is 0.00109. The van der Waals surface area contributed by atoms with E-state index in [1.54, 1.807) is 37.4 Å². The van der Waals surface area contributed by atoms with Gasteiger partial charge >= 0.3 is 0 Å². The minimum Gasteiger partial charge on any atom is -0.508 e. The van der Waals surface area contributed by atoms with Crippen molar-refractivity contribution in [1.29, 1.82) is 0 Å². The number of carbonyl (C=O) groups is 1. The normalized spacial score (nSPS) is 16.1. The van der Waals surface area contributed by atoms with Crippen molar-refractivity contribution in [3.05, 3.63) is 53.6 Å². The van der Waals surface area contributed by atoms with Gasteiger partial charge in [0.05, 0.1) is 7.11 Å². The molecule has 0 bridgehead atoms. The summed E-state index contributed by atoms with van der Waals surface area (Å²) in [6, 6.07) is 12.7. The van der Waals surface area contributed by atoms with Gasteiger partial charge in [-0.25, -0.2) is 0 Å². The Morgan fingerprint density at radius 1 is 1.24 bits per heavy atom. The van der Waals surface area contributed by atoms with Gasteiger partial charge in [0.25, 0.3) is 5.91 Å². The standard InChI is InChI=1S/C24H27NO4/c1-3-15-29-23-17-19(11-13-22(23)28-2)24(27)25-14-5-4-8-20(25)12-10-18-7-6-9-21(26)16-18/h1,6-7,9,11,13,16-17,20,26H,4-5,8,10,12,14-15H2,2H3. The molecule has 1 amide bonds. The summed E-state index contributed by atoms with van der Waals surface area (Å²) in [7, 11) is 1.56. The van der Waals surface area contributed by atoms with E-state index in [0.717, 1.165) is 44.2 Å². The molecule has 29 heavy (non-hydrogen) atoms. The van der Waals surface area contributed by atoms with Crippen LogP contribution in [0.5, 0.6) is 17.2 Å². The van der Waals surface area contributed by atoms with Crippen molar-refractivity contribution in [2.75, 3.05) is 20.3 Å². The van der Waals surface area contributed by atoms with Gasteiger partial charge in [-0.3, -0.25) is 4.79 Å². The number of rotatable bonds is 7. The van der Waals surface area contributed by atoms with E-state index >= 15 is 0 Å². The van der Waals surface area contributed by atoms with Crippen molar-refractivity contribution in [3.63, 3.8) is 0 Å². The number of ether oxygens (including phenoxy) is 2. The number of hydrogen-bond donors (Lipinski definition) is 1. The summed E-state index contributed by atoms with van der Waals surface area (Å²) in [6.45, 7) is 0.861. The molecular weight excluding hydrogens is 366 g/mol. The Balaban J connectivity index is 1.74. The van der Waals surface area contributed by atoms with Crippen molar-refractivity contribution in [2.24, 2.45) is 0 Å². The molecule has 1 N–H and O–H groups in total. The van der Waals surface area contributed by atoms with E-state index in [4.69, 9.17) is 15.9 Å². The summed E-state index contributed by atoms with van der Waals surface area (Å²) in [5, 5.41) is 9.67. The van der Waals surface area contributed by atoms with E-state index in [1.165, 1.54) is 0 Å². The number of nitrogens with zero attached hydrogens (tertiary/aromatic N) is 1. The largest absolute Gasteiger partial charge is 0.508 e. The third kappa shape index (κ3) is 5.23. The molecule has 1 saturated heterocycles. The first-order valence-corrected chi connectivity index (χ1v) is 9.95. The lowest BCUT2D eigenvalue weighted by Crippen LogP contribution is -2.44. The maximum absolute atomic E-state index is 13.3. The molecule has 0 spiro atoms. The lowest BCUT2D eigenvalue weighted by Gasteiger charge is -2.36. The third-order valence-electron chi connectivity index (χ3n) is 5.29. The molecule has 1 fully saturated rings. The predicted molar refractivity (Wildman–Crippen MR) is 112 cm³/mol. The lowest BCUT2D eigenvalue weighted by molar-refractivity contribution is 0.0601. The van der Waals surface area contributed by atoms with Crippen molar-refractivity contribution < 1.29 is 19.4 Å². The molecule has 5 heteroatoms. The van der Waals surface area contributed by atoms with Gasteiger partial charge in [-0.2, -0.15) is 0 Å². The summed E-state index contributed by atoms with van der Waals surface area (Å²) in [5.41, 5.74) is 1.65. The highest BCUT2D eigenvalue weighted by molar-refractivity contribution is 5.95. The zero-order chi connectivity index (χ0) is 20.6. The number of carbonyl (C=O) groups excluding carboxylic acids is 1. The zero-order valence-corrected chi connectivity index (χ0v) is 16.8. The first-order valence-electron chi connectivity index (χ1n) is 9.95. The lowest BCUT2D eigenvalue weighted by atomic mass is 9.95. The van der Waals surface area contributed by atoms with Gasteiger partial charge in [-0.05, 0) is 68.0 Å². The average Bonchev–Trinajstić information content (AvgIpc) is 2.76. The second-order valence-corrected chi connectivity index (χ2v) is 7.22. The second kappa shape index (κ2) is 9.88. The summed E-state index contributed by atoms with van der Waals surface area (Å²) in [6.07, 6.45) is 10.1. The number of benzene rings is 2. The highest BCUT2D eigenvalue weighted by atomic mass is 16.5. The number of hydrogen-bond acceptors (Lipinski definition) is 4. The van der Waals surface area contributed by atoms with Gasteiger partial charge in [-0.1, -0.05) is 18.1 Å². The fraction of sp³-hybridized carbons (Fsp3) is 0.375. The van der Waals surface area contributed by atoms with Gasteiger partial charge < -0.3 is 19.5 Å². The van der Waals surface area contributed by atoms with Gasteiger partial charge in [0.2, 0.25) is 0 Å². The van der Waals surface area contributed by atoms with Crippen LogP contribution >= 0.6 is 0 Å². The van der Waals surface area contributed by atoms with Crippen LogP contribution in [0.1, 0.15) is 41.6 Å². The highest BCUT2D eigenvalue weighted by Gasteiger charge is 2.28. The molecule has 1 aliphatic heterocycles. The Kier molecular flexibility index (Phi) is 7.02. The van der Waals surface area contributed by atoms with E-state index in [9.17, 15) is 9.90 Å². The molecule has 1 atom stereocenters. The number of aromatic hydroxyl groups is 1. The van der Waals surface area contributed by atoms with Crippen molar-refractivity contribution >= 4 is 5.91 Å². The summed E-state index contributed by atoms with van der Waals surface area (Å²) < 4.78 is 10.8. The molecule has 1 unspecified atom stereocenters. The van der Waals surface area contributed by atoms with Crippen LogP contribution in [0.3, 0.4) is 0 Å². The Morgan fingerprint density at radius 2 is 2.10 bits per heavy atom. The number of methoxy groups -OCH3 is 1. The third-order valence-corrected chi connectivity index (χ3v) is 5.29. The summed E-state index contributed by atoms with van der Waals surface area (Å²) >= 11 is 0. The predicted octanol–water partition coefficient (Wildman–Crippen LogP) is 4.04. The quantitative estimate of drug-likeness (QED) is 0.722. The zero-order valence-electron chi connectivity index (χ0n) is 16.8. The number of phenols is 1. The summed E-state index contributed by atoms with van der Waals surface area (Å²) in [4.78, 5) is 15.2. The smallest absolute Gasteiger partial charge is 0.254 e. The van der Waals surface area contributed by atoms with Crippen LogP contribution in [-0.2, 0) is 6.42 Å². The van der Waals surface area contributed by atoms with Gasteiger partial charge in [0.15, 0.2) is 11.5 Å². The molecular formula is C24H27NO4. The van der Waals surface area contributed by atoms with Crippen LogP contribution in [0.15, 0.2) is 42.5 Å². The molecule has 0 aromatic heterocycles. The molecule has 1 aliphatic rings. The second-order valence-electron chi connectivity index (χ2n) is 7.22. The highest BCUT2D eigenvalue weighted by Crippen LogP contribution is 2.30. The maximum atomic E-state index is 13.3. The monoisotopic (exact) mass is 393 g/mol. The molecule has 0 saturated carbocycles. The number of likely N-dealkylation sites (tertiary alicyclic amines) is 1. The van der Waals surface area contributed by atoms with Gasteiger partial charge in [0, 0.05) is 18.2 Å². The van der Waals surface area contributed by atoms with E-state index < -0.39 is 0 Å². The topological polar surface area (TPSA) is 59.0 Å². The number of phenolic OH excluding ortho intramolecular Hbond substituents is 1. The first kappa shape index (κ1) is 20.6. The Labute approximate surface area is 172 Å². The SMILES string of the molecule is C#CCOc1cc(C(=O)N2CCCCC2CCc2cccc(O)c2)ccc1OC. The van der Waals surface area contributed by atoms with Crippen LogP contribution in [0.4, 0.5) is 0 Å².